The summed E-state index contributed by atoms with van der Waals surface area (Å²) in [6.07, 6.45) is -0.00381. The lowest BCUT2D eigenvalue weighted by Crippen LogP contribution is -2.39. The molecule has 8 nitrogen and oxygen atoms in total. The maximum absolute atomic E-state index is 12.9. The van der Waals surface area contributed by atoms with Crippen LogP contribution in [0.4, 0.5) is 4.79 Å². The van der Waals surface area contributed by atoms with Gasteiger partial charge in [0.15, 0.2) is 0 Å². The number of hydrogen-bond acceptors (Lipinski definition) is 7. The van der Waals surface area contributed by atoms with Crippen molar-refractivity contribution in [3.05, 3.63) is 71.6 Å². The molecule has 2 aromatic carbocycles. The minimum atomic E-state index is -0.403. The second-order valence-electron chi connectivity index (χ2n) is 8.13. The number of benzene rings is 2. The molecule has 1 amide bonds. The number of aliphatic hydroxyl groups excluding tert-OH is 1. The van der Waals surface area contributed by atoms with Gasteiger partial charge in [0.25, 0.3) is 0 Å². The first-order chi connectivity index (χ1) is 15.5. The summed E-state index contributed by atoms with van der Waals surface area (Å²) in [5, 5.41) is 14.0. The minimum Gasteiger partial charge on any atom is -0.445 e. The highest BCUT2D eigenvalue weighted by Gasteiger charge is 2.29. The summed E-state index contributed by atoms with van der Waals surface area (Å²) in [5.41, 5.74) is 2.69. The van der Waals surface area contributed by atoms with Crippen LogP contribution in [-0.4, -0.2) is 63.9 Å². The van der Waals surface area contributed by atoms with Gasteiger partial charge in [0.2, 0.25) is 11.7 Å². The van der Waals surface area contributed by atoms with Crippen LogP contribution in [-0.2, 0) is 11.3 Å². The highest BCUT2D eigenvalue weighted by molar-refractivity contribution is 5.68. The van der Waals surface area contributed by atoms with Crippen LogP contribution in [0.15, 0.2) is 59.1 Å². The van der Waals surface area contributed by atoms with Gasteiger partial charge in [-0.15, -0.1) is 0 Å². The van der Waals surface area contributed by atoms with Crippen molar-refractivity contribution in [1.82, 2.24) is 19.9 Å². The second kappa shape index (κ2) is 9.93. The second-order valence-corrected chi connectivity index (χ2v) is 8.13. The molecule has 1 aromatic heterocycles. The van der Waals surface area contributed by atoms with Gasteiger partial charge in [-0.05, 0) is 23.6 Å². The van der Waals surface area contributed by atoms with E-state index in [1.165, 1.54) is 0 Å². The Kier molecular flexibility index (Phi) is 6.82. The zero-order chi connectivity index (χ0) is 22.5. The zero-order valence-electron chi connectivity index (χ0n) is 18.3. The van der Waals surface area contributed by atoms with Crippen molar-refractivity contribution in [2.45, 2.75) is 32.1 Å². The van der Waals surface area contributed by atoms with Crippen LogP contribution in [0.25, 0.3) is 11.4 Å². The summed E-state index contributed by atoms with van der Waals surface area (Å²) in [4.78, 5) is 21.0. The van der Waals surface area contributed by atoms with Crippen molar-refractivity contribution in [2.75, 3.05) is 26.7 Å². The van der Waals surface area contributed by atoms with Crippen LogP contribution in [0.5, 0.6) is 0 Å². The molecule has 1 N–H and O–H groups in total. The number of carbonyl (C=O) groups is 1. The van der Waals surface area contributed by atoms with Crippen molar-refractivity contribution in [2.24, 2.45) is 0 Å². The fraction of sp³-hybridized carbons (Fsp3) is 0.375. The number of amides is 1. The predicted octanol–water partition coefficient (Wildman–Crippen LogP) is 3.42. The maximum atomic E-state index is 12.9. The lowest BCUT2D eigenvalue weighted by Gasteiger charge is -2.31. The Morgan fingerprint density at radius 2 is 2.09 bits per heavy atom. The Hall–Kier alpha value is -3.23. The van der Waals surface area contributed by atoms with E-state index in [0.29, 0.717) is 24.8 Å². The summed E-state index contributed by atoms with van der Waals surface area (Å²) in [7, 11) is 1.75. The van der Waals surface area contributed by atoms with E-state index in [1.54, 1.807) is 18.9 Å². The first-order valence-electron chi connectivity index (χ1n) is 10.7. The average Bonchev–Trinajstić information content (AvgIpc) is 3.44. The van der Waals surface area contributed by atoms with E-state index in [4.69, 9.17) is 9.26 Å². The number of likely N-dealkylation sites (N-methyl/N-ethyl adjacent to an activating group) is 1. The highest BCUT2D eigenvalue weighted by Crippen LogP contribution is 2.27. The molecule has 168 valence electrons. The predicted molar refractivity (Wildman–Crippen MR) is 119 cm³/mol. The normalized spacial score (nSPS) is 17.3. The molecule has 2 heterocycles. The lowest BCUT2D eigenvalue weighted by molar-refractivity contribution is 0.0817. The Labute approximate surface area is 187 Å². The molecule has 0 saturated carbocycles. The molecule has 1 saturated heterocycles. The van der Waals surface area contributed by atoms with E-state index in [2.05, 4.69) is 15.0 Å². The zero-order valence-corrected chi connectivity index (χ0v) is 18.3. The molecule has 1 aliphatic heterocycles. The largest absolute Gasteiger partial charge is 0.445 e. The molecule has 0 unspecified atom stereocenters. The van der Waals surface area contributed by atoms with Crippen molar-refractivity contribution in [3.63, 3.8) is 0 Å². The summed E-state index contributed by atoms with van der Waals surface area (Å²) < 4.78 is 10.7. The number of ether oxygens (including phenoxy) is 1. The number of carbonyl (C=O) groups excluding carboxylic acids is 1. The standard InChI is InChI=1S/C24H28N4O4/c1-17-25-23(26-32-17)20-10-6-9-19(13-20)22(15-28-12-11-21(29)14-28)27(2)24(30)31-16-18-7-4-3-5-8-18/h3-10,13,21-22,29H,11-12,14-16H2,1-2H3/t21-,22-/m1/s1. The first-order valence-corrected chi connectivity index (χ1v) is 10.7. The molecular weight excluding hydrogens is 408 g/mol. The van der Waals surface area contributed by atoms with Crippen molar-refractivity contribution in [3.8, 4) is 11.4 Å². The molecular formula is C24H28N4O4. The summed E-state index contributed by atoms with van der Waals surface area (Å²) in [6.45, 7) is 3.92. The van der Waals surface area contributed by atoms with Gasteiger partial charge in [0, 0.05) is 39.2 Å². The van der Waals surface area contributed by atoms with E-state index < -0.39 is 6.09 Å². The topological polar surface area (TPSA) is 91.9 Å². The molecule has 3 aromatic rings. The quantitative estimate of drug-likeness (QED) is 0.607. The molecule has 2 atom stereocenters. The van der Waals surface area contributed by atoms with E-state index in [0.717, 1.165) is 29.7 Å². The molecule has 0 spiro atoms. The summed E-state index contributed by atoms with van der Waals surface area (Å²) in [6, 6.07) is 17.1. The SMILES string of the molecule is Cc1nc(-c2cccc([C@@H](CN3CC[C@@H](O)C3)N(C)C(=O)OCc3ccccc3)c2)no1. The molecule has 1 aliphatic rings. The fourth-order valence-corrected chi connectivity index (χ4v) is 3.92. The van der Waals surface area contributed by atoms with E-state index in [-0.39, 0.29) is 18.8 Å². The van der Waals surface area contributed by atoms with Gasteiger partial charge in [0.1, 0.15) is 6.61 Å². The summed E-state index contributed by atoms with van der Waals surface area (Å²) >= 11 is 0. The summed E-state index contributed by atoms with van der Waals surface area (Å²) in [5.74, 6) is 1.00. The van der Waals surface area contributed by atoms with Crippen LogP contribution in [0, 0.1) is 6.92 Å². The van der Waals surface area contributed by atoms with Crippen LogP contribution >= 0.6 is 0 Å². The van der Waals surface area contributed by atoms with Gasteiger partial charge < -0.3 is 19.3 Å². The number of aromatic nitrogens is 2. The van der Waals surface area contributed by atoms with Gasteiger partial charge in [-0.1, -0.05) is 53.7 Å². The number of nitrogens with zero attached hydrogens (tertiary/aromatic N) is 4. The Balaban J connectivity index is 1.54. The first kappa shape index (κ1) is 22.0. The smallest absolute Gasteiger partial charge is 0.410 e. The van der Waals surface area contributed by atoms with Gasteiger partial charge in [-0.3, -0.25) is 4.90 Å². The Bertz CT molecular complexity index is 1040. The number of rotatable bonds is 7. The third kappa shape index (κ3) is 5.33. The van der Waals surface area contributed by atoms with Crippen molar-refractivity contribution >= 4 is 6.09 Å². The molecule has 0 radical (unpaired) electrons. The highest BCUT2D eigenvalue weighted by atomic mass is 16.6. The van der Waals surface area contributed by atoms with E-state index >= 15 is 0 Å². The fourth-order valence-electron chi connectivity index (χ4n) is 3.92. The van der Waals surface area contributed by atoms with Gasteiger partial charge in [0.05, 0.1) is 12.1 Å². The molecule has 4 rings (SSSR count). The van der Waals surface area contributed by atoms with E-state index in [9.17, 15) is 9.90 Å². The average molecular weight is 437 g/mol. The van der Waals surface area contributed by atoms with Gasteiger partial charge >= 0.3 is 6.09 Å². The monoisotopic (exact) mass is 436 g/mol. The molecule has 1 fully saturated rings. The van der Waals surface area contributed by atoms with Crippen LogP contribution in [0.3, 0.4) is 0 Å². The Morgan fingerprint density at radius 1 is 1.28 bits per heavy atom. The van der Waals surface area contributed by atoms with Gasteiger partial charge in [-0.2, -0.15) is 4.98 Å². The number of likely N-dealkylation sites (tertiary alicyclic amines) is 1. The van der Waals surface area contributed by atoms with Gasteiger partial charge in [-0.25, -0.2) is 4.79 Å². The van der Waals surface area contributed by atoms with Crippen molar-refractivity contribution in [1.29, 1.82) is 0 Å². The number of hydrogen-bond donors (Lipinski definition) is 1. The number of β-amino-alcohol motifs (C(OH)–C–C–N with tert-alkyl or cyclic N) is 1. The molecule has 0 bridgehead atoms. The third-order valence-electron chi connectivity index (χ3n) is 5.70. The number of aryl methyl sites for hydroxylation is 1. The Morgan fingerprint density at radius 3 is 2.78 bits per heavy atom. The van der Waals surface area contributed by atoms with Crippen molar-refractivity contribution < 1.29 is 19.2 Å². The van der Waals surface area contributed by atoms with Crippen LogP contribution in [0.1, 0.15) is 29.5 Å². The lowest BCUT2D eigenvalue weighted by atomic mass is 10.0. The van der Waals surface area contributed by atoms with Crippen LogP contribution < -0.4 is 0 Å². The van der Waals surface area contributed by atoms with E-state index in [1.807, 2.05) is 54.6 Å². The molecule has 8 heteroatoms. The number of aliphatic hydroxyl groups is 1. The minimum absolute atomic E-state index is 0.210. The third-order valence-corrected chi connectivity index (χ3v) is 5.70. The molecule has 0 aliphatic carbocycles. The maximum Gasteiger partial charge on any atom is 0.410 e. The molecule has 32 heavy (non-hydrogen) atoms. The van der Waals surface area contributed by atoms with Crippen LogP contribution in [0.2, 0.25) is 0 Å².